The number of rotatable bonds is 1. The Morgan fingerprint density at radius 3 is 2.27 bits per heavy atom. The van der Waals surface area contributed by atoms with Gasteiger partial charge in [-0.05, 0) is 59.2 Å². The van der Waals surface area contributed by atoms with Crippen LogP contribution in [0.5, 0.6) is 0 Å². The van der Waals surface area contributed by atoms with Crippen molar-refractivity contribution >= 4 is 6.20 Å². The summed E-state index contributed by atoms with van der Waals surface area (Å²) in [4.78, 5) is 0. The predicted molar refractivity (Wildman–Crippen MR) is 92.5 cm³/mol. The molecule has 2 aromatic rings. The molecule has 0 radical (unpaired) electrons. The number of fused-ring (bicyclic) bond motifs is 1. The lowest BCUT2D eigenvalue weighted by molar-refractivity contribution is -0.587. The second kappa shape index (κ2) is 4.58. The van der Waals surface area contributed by atoms with Gasteiger partial charge in [0, 0.05) is 6.92 Å². The van der Waals surface area contributed by atoms with Gasteiger partial charge in [-0.15, -0.1) is 0 Å². The van der Waals surface area contributed by atoms with Crippen LogP contribution in [0.2, 0.25) is 0 Å². The van der Waals surface area contributed by atoms with E-state index in [1.54, 1.807) is 0 Å². The van der Waals surface area contributed by atoms with Crippen molar-refractivity contribution in [3.8, 4) is 5.69 Å². The molecule has 2 nitrogen and oxygen atoms in total. The van der Waals surface area contributed by atoms with Crippen LogP contribution in [0.1, 0.15) is 57.4 Å². The Hall–Kier alpha value is -1.83. The van der Waals surface area contributed by atoms with Crippen molar-refractivity contribution in [3.05, 3.63) is 53.1 Å². The first-order chi connectivity index (χ1) is 10.1. The topological polar surface area (TPSA) is 8.81 Å². The highest BCUT2D eigenvalue weighted by Gasteiger charge is 2.44. The van der Waals surface area contributed by atoms with Gasteiger partial charge in [-0.1, -0.05) is 18.2 Å². The second-order valence-electron chi connectivity index (χ2n) is 8.04. The van der Waals surface area contributed by atoms with Crippen molar-refractivity contribution in [2.24, 2.45) is 0 Å². The molecule has 1 aromatic heterocycles. The van der Waals surface area contributed by atoms with Gasteiger partial charge in [-0.3, -0.25) is 0 Å². The molecule has 0 amide bonds. The number of aromatic nitrogens is 2. The van der Waals surface area contributed by atoms with Crippen LogP contribution >= 0.6 is 0 Å². The van der Waals surface area contributed by atoms with Gasteiger partial charge in [-0.2, -0.15) is 4.57 Å². The van der Waals surface area contributed by atoms with Crippen molar-refractivity contribution in [2.75, 3.05) is 0 Å². The van der Waals surface area contributed by atoms with Gasteiger partial charge in [0.15, 0.2) is 5.69 Å². The number of aryl methyl sites for hydroxylation is 1. The zero-order valence-corrected chi connectivity index (χ0v) is 14.9. The first kappa shape index (κ1) is 15.1. The van der Waals surface area contributed by atoms with Crippen LogP contribution in [0, 0.1) is 13.8 Å². The van der Waals surface area contributed by atoms with Crippen molar-refractivity contribution in [1.29, 1.82) is 0 Å². The normalized spacial score (nSPS) is 16.1. The Morgan fingerprint density at radius 2 is 1.68 bits per heavy atom. The van der Waals surface area contributed by atoms with E-state index in [1.165, 1.54) is 28.5 Å². The molecule has 0 saturated carbocycles. The smallest absolute Gasteiger partial charge is 0.202 e. The second-order valence-corrected chi connectivity index (χ2v) is 8.04. The quantitative estimate of drug-likeness (QED) is 0.688. The Labute approximate surface area is 134 Å². The van der Waals surface area contributed by atoms with Crippen LogP contribution in [0.15, 0.2) is 30.3 Å². The van der Waals surface area contributed by atoms with Crippen LogP contribution < -0.4 is 4.57 Å². The number of allylic oxidation sites excluding steroid dienone is 1. The Bertz CT molecular complexity index is 768. The van der Waals surface area contributed by atoms with E-state index < -0.39 is 0 Å². The summed E-state index contributed by atoms with van der Waals surface area (Å²) >= 11 is 0. The van der Waals surface area contributed by atoms with E-state index in [4.69, 9.17) is 0 Å². The zero-order valence-electron chi connectivity index (χ0n) is 14.9. The number of imidazole rings is 1. The lowest BCUT2D eigenvalue weighted by Crippen LogP contribution is -2.40. The van der Waals surface area contributed by atoms with E-state index in [9.17, 15) is 0 Å². The molecule has 2 heteroatoms. The SMILES string of the molecule is Cc1ccccc1-n1c(C)c2[n+](c1C(C)(C)C)C=CC2(C)C. The third kappa shape index (κ3) is 2.05. The summed E-state index contributed by atoms with van der Waals surface area (Å²) in [6.07, 6.45) is 4.56. The maximum absolute atomic E-state index is 2.45. The molecule has 1 aliphatic rings. The Morgan fingerprint density at radius 1 is 1.05 bits per heavy atom. The van der Waals surface area contributed by atoms with Gasteiger partial charge in [0.25, 0.3) is 5.82 Å². The van der Waals surface area contributed by atoms with Crippen molar-refractivity contribution < 1.29 is 4.57 Å². The summed E-state index contributed by atoms with van der Waals surface area (Å²) in [6, 6.07) is 8.66. The Balaban J connectivity index is 2.42. The van der Waals surface area contributed by atoms with Crippen LogP contribution in [0.3, 0.4) is 0 Å². The highest BCUT2D eigenvalue weighted by Crippen LogP contribution is 2.36. The van der Waals surface area contributed by atoms with Gasteiger partial charge in [0.2, 0.25) is 0 Å². The van der Waals surface area contributed by atoms with E-state index in [2.05, 4.69) is 94.1 Å². The fourth-order valence-electron chi connectivity index (χ4n) is 3.72. The molecule has 0 spiro atoms. The van der Waals surface area contributed by atoms with Crippen LogP contribution in [0.25, 0.3) is 11.9 Å². The number of benzene rings is 1. The van der Waals surface area contributed by atoms with Gasteiger partial charge >= 0.3 is 0 Å². The fourth-order valence-corrected chi connectivity index (χ4v) is 3.72. The summed E-state index contributed by atoms with van der Waals surface area (Å²) in [6.45, 7) is 15.9. The van der Waals surface area contributed by atoms with Crippen molar-refractivity contribution in [1.82, 2.24) is 4.57 Å². The molecule has 0 aliphatic carbocycles. The van der Waals surface area contributed by atoms with E-state index in [-0.39, 0.29) is 10.8 Å². The number of para-hydroxylation sites is 1. The molecule has 0 N–H and O–H groups in total. The van der Waals surface area contributed by atoms with Gasteiger partial charge in [-0.25, -0.2) is 4.57 Å². The average molecular weight is 295 g/mol. The first-order valence-corrected chi connectivity index (χ1v) is 8.08. The molecule has 1 aliphatic heterocycles. The van der Waals surface area contributed by atoms with E-state index in [0.717, 1.165) is 0 Å². The maximum Gasteiger partial charge on any atom is 0.272 e. The largest absolute Gasteiger partial charge is 0.272 e. The molecule has 1 aromatic carbocycles. The average Bonchev–Trinajstić information content (AvgIpc) is 2.86. The maximum atomic E-state index is 2.45. The van der Waals surface area contributed by atoms with Gasteiger partial charge in [0.05, 0.1) is 17.0 Å². The zero-order chi connectivity index (χ0) is 16.3. The molecule has 3 rings (SSSR count). The predicted octanol–water partition coefficient (Wildman–Crippen LogP) is 4.44. The minimum atomic E-state index is 0.0655. The van der Waals surface area contributed by atoms with Crippen LogP contribution in [0.4, 0.5) is 0 Å². The molecule has 0 atom stereocenters. The summed E-state index contributed by atoms with van der Waals surface area (Å²) in [5.74, 6) is 1.34. The standard InChI is InChI=1S/C20H27N2/c1-14-10-8-9-11-16(14)22-15(2)17-20(6,7)12-13-21(17)18(22)19(3,4)5/h8-13H,1-7H3/q+1. The fraction of sp³-hybridized carbons (Fsp3) is 0.450. The van der Waals surface area contributed by atoms with Crippen LogP contribution in [-0.4, -0.2) is 4.57 Å². The van der Waals surface area contributed by atoms with Crippen molar-refractivity contribution in [3.63, 3.8) is 0 Å². The molecule has 22 heavy (non-hydrogen) atoms. The van der Waals surface area contributed by atoms with Crippen LogP contribution in [-0.2, 0) is 10.8 Å². The Kier molecular flexibility index (Phi) is 3.14. The molecule has 0 bridgehead atoms. The van der Waals surface area contributed by atoms with Crippen molar-refractivity contribution in [2.45, 2.75) is 59.3 Å². The molecule has 0 unspecified atom stereocenters. The van der Waals surface area contributed by atoms with Gasteiger partial charge < -0.3 is 0 Å². The molecular weight excluding hydrogens is 268 g/mol. The lowest BCUT2D eigenvalue weighted by atomic mass is 9.90. The van der Waals surface area contributed by atoms with Gasteiger partial charge in [0.1, 0.15) is 11.4 Å². The summed E-state index contributed by atoms with van der Waals surface area (Å²) in [5.41, 5.74) is 5.49. The third-order valence-corrected chi connectivity index (χ3v) is 4.64. The molecule has 2 heterocycles. The monoisotopic (exact) mass is 295 g/mol. The molecule has 116 valence electrons. The highest BCUT2D eigenvalue weighted by atomic mass is 15.2. The molecule has 0 saturated heterocycles. The summed E-state index contributed by atoms with van der Waals surface area (Å²) < 4.78 is 4.86. The number of nitrogens with zero attached hydrogens (tertiary/aromatic N) is 2. The minimum Gasteiger partial charge on any atom is -0.202 e. The number of hydrogen-bond donors (Lipinski definition) is 0. The van der Waals surface area contributed by atoms with E-state index in [1.807, 2.05) is 0 Å². The molecule has 0 fully saturated rings. The lowest BCUT2D eigenvalue weighted by Gasteiger charge is -2.17. The summed E-state index contributed by atoms with van der Waals surface area (Å²) in [5, 5.41) is 0. The number of hydrogen-bond acceptors (Lipinski definition) is 0. The summed E-state index contributed by atoms with van der Waals surface area (Å²) in [7, 11) is 0. The highest BCUT2D eigenvalue weighted by molar-refractivity contribution is 5.46. The van der Waals surface area contributed by atoms with E-state index >= 15 is 0 Å². The van der Waals surface area contributed by atoms with E-state index in [0.29, 0.717) is 0 Å². The molecular formula is C20H27N2+. The third-order valence-electron chi connectivity index (χ3n) is 4.64. The minimum absolute atomic E-state index is 0.0655. The first-order valence-electron chi connectivity index (χ1n) is 8.08.